The molecule has 1 heterocycles. The molecular weight excluding hydrogens is 424 g/mol. The normalized spacial score (nSPS) is 11.4. The maximum Gasteiger partial charge on any atom is 0.263 e. The van der Waals surface area contributed by atoms with Crippen molar-refractivity contribution in [1.29, 1.82) is 0 Å². The van der Waals surface area contributed by atoms with Crippen molar-refractivity contribution >= 4 is 53.4 Å². The van der Waals surface area contributed by atoms with Crippen molar-refractivity contribution < 1.29 is 8.42 Å². The van der Waals surface area contributed by atoms with Gasteiger partial charge in [-0.1, -0.05) is 13.0 Å². The second-order valence-electron chi connectivity index (χ2n) is 4.15. The number of hydrogen-bond acceptors (Lipinski definition) is 5. The van der Waals surface area contributed by atoms with Gasteiger partial charge in [0, 0.05) is 5.69 Å². The number of nitrogens with one attached hydrogen (secondary N) is 1. The Morgan fingerprint density at radius 3 is 2.62 bits per heavy atom. The van der Waals surface area contributed by atoms with E-state index >= 15 is 0 Å². The Hall–Kier alpha value is -1.19. The monoisotopic (exact) mass is 434 g/mol. The second kappa shape index (κ2) is 6.29. The summed E-state index contributed by atoms with van der Waals surface area (Å²) in [4.78, 5) is 8.06. The molecule has 0 aliphatic carbocycles. The lowest BCUT2D eigenvalue weighted by Gasteiger charge is -2.10. The van der Waals surface area contributed by atoms with E-state index in [1.54, 1.807) is 6.07 Å². The first-order chi connectivity index (χ1) is 9.83. The van der Waals surface area contributed by atoms with Crippen LogP contribution in [0.25, 0.3) is 0 Å². The van der Waals surface area contributed by atoms with Gasteiger partial charge >= 0.3 is 0 Å². The highest BCUT2D eigenvalue weighted by atomic mass is 79.9. The lowest BCUT2D eigenvalue weighted by molar-refractivity contribution is 0.601. The van der Waals surface area contributed by atoms with E-state index in [9.17, 15) is 8.42 Å². The SMILES string of the molecule is CCc1ccc(S(=O)(=O)Nc2ncc(Br)nc2Br)cc1N. The molecular formula is C12H12Br2N4O2S. The first-order valence-electron chi connectivity index (χ1n) is 5.92. The lowest BCUT2D eigenvalue weighted by atomic mass is 10.1. The Bertz CT molecular complexity index is 781. The maximum atomic E-state index is 12.3. The van der Waals surface area contributed by atoms with Crippen LogP contribution in [0.15, 0.2) is 38.5 Å². The minimum atomic E-state index is -3.77. The van der Waals surface area contributed by atoms with Gasteiger partial charge in [-0.05, 0) is 56.0 Å². The average Bonchev–Trinajstić information content (AvgIpc) is 2.42. The molecule has 0 aliphatic rings. The van der Waals surface area contributed by atoms with Gasteiger partial charge in [-0.2, -0.15) is 0 Å². The van der Waals surface area contributed by atoms with Crippen molar-refractivity contribution in [2.45, 2.75) is 18.2 Å². The van der Waals surface area contributed by atoms with Gasteiger partial charge in [0.1, 0.15) is 4.60 Å². The summed E-state index contributed by atoms with van der Waals surface area (Å²) < 4.78 is 27.8. The summed E-state index contributed by atoms with van der Waals surface area (Å²) >= 11 is 6.30. The van der Waals surface area contributed by atoms with E-state index in [0.29, 0.717) is 14.9 Å². The fourth-order valence-electron chi connectivity index (χ4n) is 1.66. The number of nitrogens with zero attached hydrogens (tertiary/aromatic N) is 2. The number of sulfonamides is 1. The third kappa shape index (κ3) is 3.72. The van der Waals surface area contributed by atoms with E-state index in [-0.39, 0.29) is 10.7 Å². The topological polar surface area (TPSA) is 98.0 Å². The number of halogens is 2. The number of rotatable bonds is 4. The minimum Gasteiger partial charge on any atom is -0.398 e. The zero-order chi connectivity index (χ0) is 15.6. The highest BCUT2D eigenvalue weighted by Crippen LogP contribution is 2.24. The summed E-state index contributed by atoms with van der Waals surface area (Å²) in [6.07, 6.45) is 2.14. The standard InChI is InChI=1S/C12H12Br2N4O2S/c1-2-7-3-4-8(5-9(7)15)21(19,20)18-12-11(14)17-10(13)6-16-12/h3-6H,2,15H2,1H3,(H,16,18). The summed E-state index contributed by atoms with van der Waals surface area (Å²) in [7, 11) is -3.77. The van der Waals surface area contributed by atoms with Crippen LogP contribution >= 0.6 is 31.9 Å². The Morgan fingerprint density at radius 1 is 1.33 bits per heavy atom. The van der Waals surface area contributed by atoms with E-state index in [2.05, 4.69) is 46.5 Å². The van der Waals surface area contributed by atoms with Crippen molar-refractivity contribution in [2.75, 3.05) is 10.5 Å². The third-order valence-corrected chi connectivity index (χ3v) is 5.01. The Labute approximate surface area is 139 Å². The van der Waals surface area contributed by atoms with E-state index in [4.69, 9.17) is 5.73 Å². The number of anilines is 2. The van der Waals surface area contributed by atoms with Crippen molar-refractivity contribution in [1.82, 2.24) is 9.97 Å². The molecule has 0 bridgehead atoms. The van der Waals surface area contributed by atoms with Crippen LogP contribution < -0.4 is 10.5 Å². The molecule has 0 unspecified atom stereocenters. The molecule has 1 aromatic carbocycles. The number of nitrogens with two attached hydrogens (primary N) is 1. The Morgan fingerprint density at radius 2 is 2.05 bits per heavy atom. The van der Waals surface area contributed by atoms with Crippen LogP contribution in [-0.2, 0) is 16.4 Å². The molecule has 0 saturated carbocycles. The first-order valence-corrected chi connectivity index (χ1v) is 8.99. The molecule has 0 radical (unpaired) electrons. The highest BCUT2D eigenvalue weighted by molar-refractivity contribution is 9.11. The second-order valence-corrected chi connectivity index (χ2v) is 7.40. The summed E-state index contributed by atoms with van der Waals surface area (Å²) in [5.41, 5.74) is 7.18. The predicted octanol–water partition coefficient (Wildman–Crippen LogP) is 2.95. The van der Waals surface area contributed by atoms with Crippen LogP contribution in [0.2, 0.25) is 0 Å². The molecule has 6 nitrogen and oxygen atoms in total. The molecule has 0 amide bonds. The quantitative estimate of drug-likeness (QED) is 0.719. The molecule has 0 aliphatic heterocycles. The number of hydrogen-bond donors (Lipinski definition) is 2. The van der Waals surface area contributed by atoms with E-state index in [0.717, 1.165) is 12.0 Å². The van der Waals surface area contributed by atoms with Gasteiger partial charge in [0.2, 0.25) is 0 Å². The van der Waals surface area contributed by atoms with Gasteiger partial charge in [-0.3, -0.25) is 4.72 Å². The molecule has 0 spiro atoms. The van der Waals surface area contributed by atoms with Crippen LogP contribution in [0.5, 0.6) is 0 Å². The molecule has 0 saturated heterocycles. The molecule has 0 fully saturated rings. The molecule has 9 heteroatoms. The molecule has 21 heavy (non-hydrogen) atoms. The van der Waals surface area contributed by atoms with Crippen molar-refractivity contribution in [3.8, 4) is 0 Å². The van der Waals surface area contributed by atoms with Gasteiger partial charge < -0.3 is 5.73 Å². The lowest BCUT2D eigenvalue weighted by Crippen LogP contribution is -2.15. The van der Waals surface area contributed by atoms with E-state index < -0.39 is 10.0 Å². The van der Waals surface area contributed by atoms with Crippen LogP contribution in [0.4, 0.5) is 11.5 Å². The van der Waals surface area contributed by atoms with Crippen LogP contribution in [0.1, 0.15) is 12.5 Å². The molecule has 112 valence electrons. The largest absolute Gasteiger partial charge is 0.398 e. The van der Waals surface area contributed by atoms with Gasteiger partial charge in [-0.25, -0.2) is 18.4 Å². The molecule has 0 atom stereocenters. The summed E-state index contributed by atoms with van der Waals surface area (Å²) in [5, 5.41) is 0. The summed E-state index contributed by atoms with van der Waals surface area (Å²) in [5.74, 6) is 0.108. The number of aromatic nitrogens is 2. The minimum absolute atomic E-state index is 0.0776. The van der Waals surface area contributed by atoms with Gasteiger partial charge in [-0.15, -0.1) is 0 Å². The number of nitrogen functional groups attached to an aromatic ring is 1. The van der Waals surface area contributed by atoms with Gasteiger partial charge in [0.25, 0.3) is 10.0 Å². The summed E-state index contributed by atoms with van der Waals surface area (Å²) in [6, 6.07) is 4.64. The Balaban J connectivity index is 2.36. The van der Waals surface area contributed by atoms with E-state index in [1.807, 2.05) is 6.92 Å². The fourth-order valence-corrected chi connectivity index (χ4v) is 3.76. The summed E-state index contributed by atoms with van der Waals surface area (Å²) in [6.45, 7) is 1.95. The number of benzene rings is 1. The van der Waals surface area contributed by atoms with Gasteiger partial charge in [0.05, 0.1) is 11.1 Å². The highest BCUT2D eigenvalue weighted by Gasteiger charge is 2.18. The average molecular weight is 436 g/mol. The van der Waals surface area contributed by atoms with Crippen molar-refractivity contribution in [3.05, 3.63) is 39.2 Å². The van der Waals surface area contributed by atoms with Crippen LogP contribution in [-0.4, -0.2) is 18.4 Å². The predicted molar refractivity (Wildman–Crippen MR) is 88.5 cm³/mol. The molecule has 1 aromatic heterocycles. The van der Waals surface area contributed by atoms with Crippen molar-refractivity contribution in [2.24, 2.45) is 0 Å². The number of aryl methyl sites for hydroxylation is 1. The van der Waals surface area contributed by atoms with E-state index in [1.165, 1.54) is 18.3 Å². The van der Waals surface area contributed by atoms with Crippen LogP contribution in [0.3, 0.4) is 0 Å². The molecule has 3 N–H and O–H groups in total. The third-order valence-electron chi connectivity index (χ3n) is 2.74. The van der Waals surface area contributed by atoms with Crippen LogP contribution in [0, 0.1) is 0 Å². The van der Waals surface area contributed by atoms with Crippen molar-refractivity contribution in [3.63, 3.8) is 0 Å². The fraction of sp³-hybridized carbons (Fsp3) is 0.167. The molecule has 2 aromatic rings. The Kier molecular flexibility index (Phi) is 4.84. The first kappa shape index (κ1) is 16.2. The smallest absolute Gasteiger partial charge is 0.263 e. The maximum absolute atomic E-state index is 12.3. The van der Waals surface area contributed by atoms with Gasteiger partial charge in [0.15, 0.2) is 10.4 Å². The zero-order valence-electron chi connectivity index (χ0n) is 11.0. The zero-order valence-corrected chi connectivity index (χ0v) is 15.0. The molecule has 2 rings (SSSR count).